The number of nitrogens with zero attached hydrogens (tertiary/aromatic N) is 3. The fourth-order valence-corrected chi connectivity index (χ4v) is 3.70. The predicted molar refractivity (Wildman–Crippen MR) is 119 cm³/mol. The van der Waals surface area contributed by atoms with Gasteiger partial charge in [0.2, 0.25) is 16.9 Å². The second-order valence-corrected chi connectivity index (χ2v) is 9.18. The van der Waals surface area contributed by atoms with E-state index in [1.54, 1.807) is 25.9 Å². The predicted octanol–water partition coefficient (Wildman–Crippen LogP) is 4.04. The Bertz CT molecular complexity index is 846. The van der Waals surface area contributed by atoms with Crippen LogP contribution in [0.25, 0.3) is 10.6 Å². The number of rotatable bonds is 10. The molecule has 2 aromatic rings. The average molecular weight is 504 g/mol. The highest BCUT2D eigenvalue weighted by molar-refractivity contribution is 9.10. The molecule has 0 fully saturated rings. The molecule has 0 saturated carbocycles. The Morgan fingerprint density at radius 3 is 2.72 bits per heavy atom. The Balaban J connectivity index is 1.96. The average Bonchev–Trinajstić information content (AvgIpc) is 3.16. The van der Waals surface area contributed by atoms with Crippen molar-refractivity contribution < 1.29 is 14.3 Å². The summed E-state index contributed by atoms with van der Waals surface area (Å²) in [5.41, 5.74) is 0.209. The van der Waals surface area contributed by atoms with Crippen LogP contribution in [0.2, 0.25) is 0 Å². The summed E-state index contributed by atoms with van der Waals surface area (Å²) in [5, 5.41) is 12.0. The molecule has 0 atom stereocenters. The SMILES string of the molecule is COCCN(CCC(=O)Nc1nnc(-c2cccc(Br)c2)s1)C(=O)C(C)(C)CCl. The maximum Gasteiger partial charge on any atom is 0.229 e. The Labute approximate surface area is 187 Å². The number of amides is 2. The first kappa shape index (κ1) is 23.7. The van der Waals surface area contributed by atoms with Crippen LogP contribution in [0.4, 0.5) is 5.13 Å². The molecule has 0 spiro atoms. The molecule has 10 heteroatoms. The molecule has 0 aliphatic rings. The molecule has 1 heterocycles. The summed E-state index contributed by atoms with van der Waals surface area (Å²) in [6.45, 7) is 4.62. The molecule has 7 nitrogen and oxygen atoms in total. The molecule has 0 saturated heterocycles. The monoisotopic (exact) mass is 502 g/mol. The third-order valence-corrected chi connectivity index (χ3v) is 6.17. The van der Waals surface area contributed by atoms with Gasteiger partial charge in [-0.05, 0) is 26.0 Å². The van der Waals surface area contributed by atoms with Gasteiger partial charge < -0.3 is 15.0 Å². The van der Waals surface area contributed by atoms with Gasteiger partial charge >= 0.3 is 0 Å². The molecular formula is C19H24BrClN4O3S. The van der Waals surface area contributed by atoms with Crippen LogP contribution in [-0.2, 0) is 14.3 Å². The number of benzene rings is 1. The van der Waals surface area contributed by atoms with Crippen molar-refractivity contribution in [3.8, 4) is 10.6 Å². The first-order valence-corrected chi connectivity index (χ1v) is 11.1. The molecule has 0 aliphatic carbocycles. The molecule has 0 aliphatic heterocycles. The van der Waals surface area contributed by atoms with Gasteiger partial charge in [-0.25, -0.2) is 0 Å². The maximum atomic E-state index is 12.7. The number of ether oxygens (including phenoxy) is 1. The number of hydrogen-bond donors (Lipinski definition) is 1. The summed E-state index contributed by atoms with van der Waals surface area (Å²) in [7, 11) is 1.57. The third-order valence-electron chi connectivity index (χ3n) is 4.12. The van der Waals surface area contributed by atoms with Crippen LogP contribution in [0.3, 0.4) is 0 Å². The largest absolute Gasteiger partial charge is 0.383 e. The van der Waals surface area contributed by atoms with Crippen LogP contribution >= 0.6 is 38.9 Å². The van der Waals surface area contributed by atoms with E-state index in [0.29, 0.717) is 23.3 Å². The van der Waals surface area contributed by atoms with Crippen LogP contribution in [0.15, 0.2) is 28.7 Å². The van der Waals surface area contributed by atoms with Gasteiger partial charge in [-0.3, -0.25) is 9.59 Å². The molecule has 0 unspecified atom stereocenters. The van der Waals surface area contributed by atoms with Gasteiger partial charge in [0.25, 0.3) is 0 Å². The lowest BCUT2D eigenvalue weighted by Crippen LogP contribution is -2.44. The first-order valence-electron chi connectivity index (χ1n) is 9.00. The van der Waals surface area contributed by atoms with Gasteiger partial charge in [0.15, 0.2) is 0 Å². The van der Waals surface area contributed by atoms with Crippen LogP contribution in [0, 0.1) is 5.41 Å². The number of carbonyl (C=O) groups excluding carboxylic acids is 2. The van der Waals surface area contributed by atoms with E-state index in [1.165, 1.54) is 11.3 Å². The number of methoxy groups -OCH3 is 1. The standard InChI is InChI=1S/C19H24BrClN4O3S/c1-19(2,12-21)17(27)25(9-10-28-3)8-7-15(26)22-18-24-23-16(29-18)13-5-4-6-14(20)11-13/h4-6,11H,7-10,12H2,1-3H3,(H,22,24,26). The van der Waals surface area contributed by atoms with Gasteiger partial charge in [-0.2, -0.15) is 0 Å². The minimum Gasteiger partial charge on any atom is -0.383 e. The zero-order chi connectivity index (χ0) is 21.4. The zero-order valence-corrected chi connectivity index (χ0v) is 19.7. The minimum atomic E-state index is -0.705. The smallest absolute Gasteiger partial charge is 0.229 e. The van der Waals surface area contributed by atoms with E-state index in [-0.39, 0.29) is 30.7 Å². The second kappa shape index (κ2) is 11.0. The number of halogens is 2. The maximum absolute atomic E-state index is 12.7. The lowest BCUT2D eigenvalue weighted by atomic mass is 9.94. The summed E-state index contributed by atoms with van der Waals surface area (Å²) in [4.78, 5) is 26.7. The van der Waals surface area contributed by atoms with Crippen molar-refractivity contribution in [2.24, 2.45) is 5.41 Å². The molecule has 1 N–H and O–H groups in total. The highest BCUT2D eigenvalue weighted by Crippen LogP contribution is 2.28. The quantitative estimate of drug-likeness (QED) is 0.495. The number of nitrogens with one attached hydrogen (secondary N) is 1. The van der Waals surface area contributed by atoms with Crippen LogP contribution in [0.5, 0.6) is 0 Å². The molecule has 2 amide bonds. The zero-order valence-electron chi connectivity index (χ0n) is 16.6. The van der Waals surface area contributed by atoms with Gasteiger partial charge in [0, 0.05) is 42.5 Å². The van der Waals surface area contributed by atoms with Crippen molar-refractivity contribution >= 4 is 55.8 Å². The van der Waals surface area contributed by atoms with E-state index in [1.807, 2.05) is 24.3 Å². The third kappa shape index (κ3) is 7.02. The number of alkyl halides is 1. The Hall–Kier alpha value is -1.55. The van der Waals surface area contributed by atoms with E-state index in [0.717, 1.165) is 10.0 Å². The van der Waals surface area contributed by atoms with Crippen molar-refractivity contribution in [3.63, 3.8) is 0 Å². The van der Waals surface area contributed by atoms with Crippen molar-refractivity contribution in [2.45, 2.75) is 20.3 Å². The highest BCUT2D eigenvalue weighted by Gasteiger charge is 2.31. The number of hydrogen-bond acceptors (Lipinski definition) is 6. The number of anilines is 1. The molecular weight excluding hydrogens is 480 g/mol. The minimum absolute atomic E-state index is 0.106. The van der Waals surface area contributed by atoms with Gasteiger partial charge in [0.1, 0.15) is 5.01 Å². The van der Waals surface area contributed by atoms with E-state index in [4.69, 9.17) is 16.3 Å². The van der Waals surface area contributed by atoms with Crippen LogP contribution in [-0.4, -0.2) is 59.6 Å². The number of carbonyl (C=O) groups is 2. The summed E-state index contributed by atoms with van der Waals surface area (Å²) in [6.07, 6.45) is 0.139. The Morgan fingerprint density at radius 2 is 2.07 bits per heavy atom. The van der Waals surface area contributed by atoms with Crippen LogP contribution < -0.4 is 5.32 Å². The van der Waals surface area contributed by atoms with Crippen LogP contribution in [0.1, 0.15) is 20.3 Å². The van der Waals surface area contributed by atoms with E-state index >= 15 is 0 Å². The fraction of sp³-hybridized carbons (Fsp3) is 0.474. The second-order valence-electron chi connectivity index (χ2n) is 7.02. The molecule has 1 aromatic carbocycles. The van der Waals surface area contributed by atoms with Crippen molar-refractivity contribution in [1.29, 1.82) is 0 Å². The van der Waals surface area contributed by atoms with Gasteiger partial charge in [0.05, 0.1) is 12.0 Å². The summed E-state index contributed by atoms with van der Waals surface area (Å²) < 4.78 is 6.02. The molecule has 2 rings (SSSR count). The molecule has 29 heavy (non-hydrogen) atoms. The van der Waals surface area contributed by atoms with Crippen molar-refractivity contribution in [3.05, 3.63) is 28.7 Å². The highest BCUT2D eigenvalue weighted by atomic mass is 79.9. The van der Waals surface area contributed by atoms with E-state index in [2.05, 4.69) is 31.4 Å². The fourth-order valence-electron chi connectivity index (χ4n) is 2.43. The number of aromatic nitrogens is 2. The molecule has 158 valence electrons. The van der Waals surface area contributed by atoms with E-state index < -0.39 is 5.41 Å². The summed E-state index contributed by atoms with van der Waals surface area (Å²) in [6, 6.07) is 7.70. The lowest BCUT2D eigenvalue weighted by Gasteiger charge is -2.30. The van der Waals surface area contributed by atoms with Gasteiger partial charge in [-0.15, -0.1) is 21.8 Å². The molecule has 0 radical (unpaired) electrons. The Kier molecular flexibility index (Phi) is 9.01. The van der Waals surface area contributed by atoms with Gasteiger partial charge in [-0.1, -0.05) is 39.4 Å². The summed E-state index contributed by atoms with van der Waals surface area (Å²) >= 11 is 10.6. The van der Waals surface area contributed by atoms with Crippen molar-refractivity contribution in [1.82, 2.24) is 15.1 Å². The molecule has 1 aromatic heterocycles. The molecule has 0 bridgehead atoms. The first-order chi connectivity index (χ1) is 13.8. The summed E-state index contributed by atoms with van der Waals surface area (Å²) in [5.74, 6) is -0.143. The topological polar surface area (TPSA) is 84.4 Å². The van der Waals surface area contributed by atoms with E-state index in [9.17, 15) is 9.59 Å². The lowest BCUT2D eigenvalue weighted by molar-refractivity contribution is -0.140. The Morgan fingerprint density at radius 1 is 1.31 bits per heavy atom. The van der Waals surface area contributed by atoms with Crippen molar-refractivity contribution in [2.75, 3.05) is 38.0 Å². The normalized spacial score (nSPS) is 11.3.